The molecule has 5 nitrogen and oxygen atoms in total. The minimum atomic E-state index is -0.860. The number of urea groups is 1. The third kappa shape index (κ3) is 3.86. The molecular weight excluding hydrogens is 357 g/mol. The van der Waals surface area contributed by atoms with Gasteiger partial charge in [-0.05, 0) is 35.7 Å². The van der Waals surface area contributed by atoms with Crippen LogP contribution in [0, 0.1) is 5.82 Å². The molecule has 0 saturated heterocycles. The zero-order valence-corrected chi connectivity index (χ0v) is 14.6. The van der Waals surface area contributed by atoms with Crippen LogP contribution in [0.25, 0.3) is 10.9 Å². The number of rotatable bonds is 5. The first-order valence-corrected chi connectivity index (χ1v) is 8.42. The van der Waals surface area contributed by atoms with E-state index in [-0.39, 0.29) is 13.0 Å². The predicted octanol–water partition coefficient (Wildman–Crippen LogP) is 4.00. The quantitative estimate of drug-likeness (QED) is 0.708. The van der Waals surface area contributed by atoms with E-state index in [4.69, 9.17) is 17.3 Å². The topological polar surface area (TPSA) is 79.2 Å². The number of imide groups is 1. The first-order chi connectivity index (χ1) is 12.5. The van der Waals surface area contributed by atoms with Gasteiger partial charge in [0.05, 0.1) is 17.1 Å². The highest BCUT2D eigenvalue weighted by molar-refractivity contribution is 6.35. The van der Waals surface area contributed by atoms with Gasteiger partial charge in [-0.15, -0.1) is 0 Å². The number of halogens is 2. The number of amides is 3. The van der Waals surface area contributed by atoms with Gasteiger partial charge < -0.3 is 10.7 Å². The number of nitrogens with one attached hydrogen (secondary N) is 1. The molecule has 1 heterocycles. The maximum atomic E-state index is 13.3. The van der Waals surface area contributed by atoms with Crippen molar-refractivity contribution in [3.05, 3.63) is 70.6 Å². The lowest BCUT2D eigenvalue weighted by molar-refractivity contribution is -0.128. The van der Waals surface area contributed by atoms with E-state index in [2.05, 4.69) is 4.98 Å². The number of aromatic amines is 1. The lowest BCUT2D eigenvalue weighted by Gasteiger charge is -2.18. The zero-order valence-electron chi connectivity index (χ0n) is 13.8. The number of carbonyl (C=O) groups is 2. The van der Waals surface area contributed by atoms with Gasteiger partial charge in [-0.2, -0.15) is 0 Å². The van der Waals surface area contributed by atoms with Crippen molar-refractivity contribution >= 4 is 34.4 Å². The highest BCUT2D eigenvalue weighted by atomic mass is 35.5. The van der Waals surface area contributed by atoms with Gasteiger partial charge in [0.25, 0.3) is 0 Å². The van der Waals surface area contributed by atoms with Crippen LogP contribution in [0.4, 0.5) is 9.18 Å². The Hall–Kier alpha value is -2.86. The monoisotopic (exact) mass is 373 g/mol. The van der Waals surface area contributed by atoms with Crippen molar-refractivity contribution in [2.24, 2.45) is 5.73 Å². The van der Waals surface area contributed by atoms with Crippen LogP contribution >= 0.6 is 11.6 Å². The summed E-state index contributed by atoms with van der Waals surface area (Å²) in [5.41, 5.74) is 7.56. The summed E-state index contributed by atoms with van der Waals surface area (Å²) in [6.45, 7) is -0.0638. The molecule has 0 aliphatic rings. The van der Waals surface area contributed by atoms with E-state index in [1.807, 2.05) is 12.1 Å². The van der Waals surface area contributed by atoms with E-state index in [1.54, 1.807) is 18.3 Å². The van der Waals surface area contributed by atoms with E-state index >= 15 is 0 Å². The molecular formula is C19H17ClFN3O2. The number of H-pyrrole nitrogens is 1. The molecule has 26 heavy (non-hydrogen) atoms. The molecule has 0 bridgehead atoms. The number of fused-ring (bicyclic) bond motifs is 1. The van der Waals surface area contributed by atoms with Crippen LogP contribution in [-0.2, 0) is 17.8 Å². The largest absolute Gasteiger partial charge is 0.360 e. The van der Waals surface area contributed by atoms with Crippen LogP contribution < -0.4 is 5.73 Å². The minimum absolute atomic E-state index is 0.0638. The van der Waals surface area contributed by atoms with Gasteiger partial charge in [0, 0.05) is 18.0 Å². The Labute approximate surface area is 154 Å². The summed E-state index contributed by atoms with van der Waals surface area (Å²) >= 11 is 6.13. The fraction of sp³-hybridized carbons (Fsp3) is 0.158. The smallest absolute Gasteiger partial charge is 0.321 e. The van der Waals surface area contributed by atoms with Crippen LogP contribution in [0.2, 0.25) is 5.02 Å². The van der Waals surface area contributed by atoms with Crippen molar-refractivity contribution in [2.45, 2.75) is 19.4 Å². The van der Waals surface area contributed by atoms with E-state index in [0.717, 1.165) is 21.4 Å². The van der Waals surface area contributed by atoms with Gasteiger partial charge in [0.1, 0.15) is 5.82 Å². The summed E-state index contributed by atoms with van der Waals surface area (Å²) in [6.07, 6.45) is 2.31. The normalized spacial score (nSPS) is 10.8. The molecule has 3 aromatic rings. The average Bonchev–Trinajstić information content (AvgIpc) is 3.02. The third-order valence-electron chi connectivity index (χ3n) is 4.16. The van der Waals surface area contributed by atoms with Crippen molar-refractivity contribution in [1.29, 1.82) is 0 Å². The second-order valence-corrected chi connectivity index (χ2v) is 6.33. The molecule has 0 spiro atoms. The summed E-state index contributed by atoms with van der Waals surface area (Å²) in [4.78, 5) is 28.1. The summed E-state index contributed by atoms with van der Waals surface area (Å²) < 4.78 is 13.3. The minimum Gasteiger partial charge on any atom is -0.360 e. The van der Waals surface area contributed by atoms with Crippen molar-refractivity contribution in [2.75, 3.05) is 0 Å². The SMILES string of the molecule is NC(=O)N(Cc1cccc(F)c1)C(=O)CCc1c[nH]c2c(Cl)cccc12. The second-order valence-electron chi connectivity index (χ2n) is 5.92. The number of primary amides is 1. The van der Waals surface area contributed by atoms with Crippen molar-refractivity contribution in [3.63, 3.8) is 0 Å². The number of aryl methyl sites for hydroxylation is 1. The molecule has 0 fully saturated rings. The molecule has 2 aromatic carbocycles. The van der Waals surface area contributed by atoms with Crippen LogP contribution in [-0.4, -0.2) is 21.8 Å². The first-order valence-electron chi connectivity index (χ1n) is 8.04. The first kappa shape index (κ1) is 17.9. The molecule has 0 radical (unpaired) electrons. The summed E-state index contributed by atoms with van der Waals surface area (Å²) in [7, 11) is 0. The molecule has 7 heteroatoms. The second kappa shape index (κ2) is 7.58. The Morgan fingerprint density at radius 3 is 2.69 bits per heavy atom. The molecule has 3 amide bonds. The van der Waals surface area contributed by atoms with Gasteiger partial charge in [-0.3, -0.25) is 9.69 Å². The standard InChI is InChI=1S/C19H17ClFN3O2/c20-16-6-2-5-15-13(10-23-18(15)16)7-8-17(25)24(19(22)26)11-12-3-1-4-14(21)9-12/h1-6,9-10,23H,7-8,11H2,(H2,22,26). The molecule has 0 atom stereocenters. The number of nitrogens with two attached hydrogens (primary N) is 1. The maximum Gasteiger partial charge on any atom is 0.321 e. The molecule has 0 aliphatic heterocycles. The molecule has 0 aliphatic carbocycles. The van der Waals surface area contributed by atoms with E-state index < -0.39 is 17.8 Å². The summed E-state index contributed by atoms with van der Waals surface area (Å²) in [6, 6.07) is 10.4. The van der Waals surface area contributed by atoms with E-state index in [1.165, 1.54) is 18.2 Å². The third-order valence-corrected chi connectivity index (χ3v) is 4.47. The summed E-state index contributed by atoms with van der Waals surface area (Å²) in [5.74, 6) is -0.854. The number of para-hydroxylation sites is 1. The Morgan fingerprint density at radius 1 is 1.19 bits per heavy atom. The highest BCUT2D eigenvalue weighted by Crippen LogP contribution is 2.26. The van der Waals surface area contributed by atoms with Gasteiger partial charge in [0.2, 0.25) is 5.91 Å². The highest BCUT2D eigenvalue weighted by Gasteiger charge is 2.20. The van der Waals surface area contributed by atoms with Gasteiger partial charge in [-0.25, -0.2) is 9.18 Å². The Balaban J connectivity index is 1.72. The van der Waals surface area contributed by atoms with Crippen molar-refractivity contribution in [3.8, 4) is 0 Å². The molecule has 1 aromatic heterocycles. The lowest BCUT2D eigenvalue weighted by atomic mass is 10.1. The number of carbonyl (C=O) groups excluding carboxylic acids is 2. The Kier molecular flexibility index (Phi) is 5.23. The number of hydrogen-bond acceptors (Lipinski definition) is 2. The van der Waals surface area contributed by atoms with Crippen molar-refractivity contribution in [1.82, 2.24) is 9.88 Å². The van der Waals surface area contributed by atoms with Crippen LogP contribution in [0.3, 0.4) is 0 Å². The van der Waals surface area contributed by atoms with E-state index in [0.29, 0.717) is 17.0 Å². The lowest BCUT2D eigenvalue weighted by Crippen LogP contribution is -2.40. The van der Waals surface area contributed by atoms with E-state index in [9.17, 15) is 14.0 Å². The molecule has 3 N–H and O–H groups in total. The van der Waals surface area contributed by atoms with Crippen LogP contribution in [0.15, 0.2) is 48.7 Å². The number of benzene rings is 2. The van der Waals surface area contributed by atoms with Gasteiger partial charge in [-0.1, -0.05) is 35.9 Å². The fourth-order valence-electron chi connectivity index (χ4n) is 2.87. The Morgan fingerprint density at radius 2 is 1.96 bits per heavy atom. The number of hydrogen-bond donors (Lipinski definition) is 2. The maximum absolute atomic E-state index is 13.3. The number of aromatic nitrogens is 1. The zero-order chi connectivity index (χ0) is 18.7. The van der Waals surface area contributed by atoms with Gasteiger partial charge >= 0.3 is 6.03 Å². The van der Waals surface area contributed by atoms with Crippen molar-refractivity contribution < 1.29 is 14.0 Å². The molecule has 3 rings (SSSR count). The Bertz CT molecular complexity index is 970. The van der Waals surface area contributed by atoms with Gasteiger partial charge in [0.15, 0.2) is 0 Å². The summed E-state index contributed by atoms with van der Waals surface area (Å²) in [5, 5.41) is 1.53. The fourth-order valence-corrected chi connectivity index (χ4v) is 3.09. The molecule has 0 saturated carbocycles. The molecule has 0 unspecified atom stereocenters. The number of nitrogens with zero attached hydrogens (tertiary/aromatic N) is 1. The van der Waals surface area contributed by atoms with Crippen LogP contribution in [0.1, 0.15) is 17.5 Å². The predicted molar refractivity (Wildman–Crippen MR) is 98.2 cm³/mol. The molecule has 134 valence electrons. The van der Waals surface area contributed by atoms with Crippen LogP contribution in [0.5, 0.6) is 0 Å². The average molecular weight is 374 g/mol.